The van der Waals surface area contributed by atoms with Crippen molar-refractivity contribution in [3.63, 3.8) is 0 Å². The van der Waals surface area contributed by atoms with Crippen molar-refractivity contribution in [1.82, 2.24) is 9.97 Å². The predicted octanol–water partition coefficient (Wildman–Crippen LogP) is 5.55. The summed E-state index contributed by atoms with van der Waals surface area (Å²) >= 11 is 0. The van der Waals surface area contributed by atoms with Gasteiger partial charge in [-0.2, -0.15) is 0 Å². The number of ether oxygens (including phenoxy) is 1. The third kappa shape index (κ3) is 4.52. The van der Waals surface area contributed by atoms with Gasteiger partial charge in [0.15, 0.2) is 5.82 Å². The van der Waals surface area contributed by atoms with Gasteiger partial charge in [0.2, 0.25) is 0 Å². The number of hydrogen-bond acceptors (Lipinski definition) is 3. The van der Waals surface area contributed by atoms with Crippen LogP contribution in [0.15, 0.2) is 67.0 Å². The van der Waals surface area contributed by atoms with E-state index in [1.54, 1.807) is 37.7 Å². The summed E-state index contributed by atoms with van der Waals surface area (Å²) in [6, 6.07) is 15.6. The summed E-state index contributed by atoms with van der Waals surface area (Å²) in [5, 5.41) is 1.38. The molecule has 0 aliphatic heterocycles. The van der Waals surface area contributed by atoms with Crippen LogP contribution < -0.4 is 0 Å². The monoisotopic (exact) mass is 404 g/mol. The summed E-state index contributed by atoms with van der Waals surface area (Å²) in [5.41, 5.74) is 3.49. The first-order valence-electron chi connectivity index (χ1n) is 9.90. The van der Waals surface area contributed by atoms with E-state index in [2.05, 4.69) is 9.97 Å². The zero-order valence-electron chi connectivity index (χ0n) is 16.7. The maximum absolute atomic E-state index is 15.0. The van der Waals surface area contributed by atoms with E-state index in [0.29, 0.717) is 36.2 Å². The first kappa shape index (κ1) is 20.1. The lowest BCUT2D eigenvalue weighted by atomic mass is 9.99. The molecule has 3 aromatic carbocycles. The Balaban J connectivity index is 1.54. The highest BCUT2D eigenvalue weighted by Crippen LogP contribution is 2.26. The molecule has 0 bridgehead atoms. The van der Waals surface area contributed by atoms with Crippen molar-refractivity contribution in [3.05, 3.63) is 95.3 Å². The first-order valence-corrected chi connectivity index (χ1v) is 9.90. The molecule has 0 spiro atoms. The molecule has 3 nitrogen and oxygen atoms in total. The Morgan fingerprint density at radius 2 is 1.57 bits per heavy atom. The molecule has 1 heterocycles. The minimum atomic E-state index is -0.264. The van der Waals surface area contributed by atoms with Crippen molar-refractivity contribution in [1.29, 1.82) is 0 Å². The molecule has 4 rings (SSSR count). The molecule has 0 saturated carbocycles. The Hall–Kier alpha value is -3.18. The largest absolute Gasteiger partial charge is 0.384 e. The molecule has 0 unspecified atom stereocenters. The number of nitrogens with zero attached hydrogens (tertiary/aromatic N) is 2. The maximum Gasteiger partial charge on any atom is 0.159 e. The van der Waals surface area contributed by atoms with E-state index in [9.17, 15) is 4.39 Å². The Bertz CT molecular complexity index is 1140. The number of aromatic nitrogens is 2. The molecule has 1 aromatic heterocycles. The van der Waals surface area contributed by atoms with Gasteiger partial charge in [-0.05, 0) is 59.5 Å². The van der Waals surface area contributed by atoms with Crippen LogP contribution in [0.3, 0.4) is 0 Å². The average Bonchev–Trinajstić information content (AvgIpc) is 2.78. The molecule has 4 aromatic rings. The van der Waals surface area contributed by atoms with Crippen molar-refractivity contribution < 1.29 is 13.5 Å². The quantitative estimate of drug-likeness (QED) is 0.405. The Labute approximate surface area is 174 Å². The summed E-state index contributed by atoms with van der Waals surface area (Å²) in [6.07, 6.45) is 5.57. The van der Waals surface area contributed by atoms with Crippen molar-refractivity contribution in [2.45, 2.75) is 19.3 Å². The fraction of sp³-hybridized carbons (Fsp3) is 0.200. The van der Waals surface area contributed by atoms with E-state index in [-0.39, 0.29) is 11.6 Å². The van der Waals surface area contributed by atoms with Crippen LogP contribution in [-0.4, -0.2) is 23.7 Å². The molecule has 0 radical (unpaired) electrons. The highest BCUT2D eigenvalue weighted by molar-refractivity contribution is 5.87. The lowest BCUT2D eigenvalue weighted by Crippen LogP contribution is -1.98. The Morgan fingerprint density at radius 3 is 2.30 bits per heavy atom. The standard InChI is InChI=1S/C25H22F2N2O/c1-30-13-12-18-15-28-25(29-16-18)21-8-11-23-20(14-21)7-6-19(24(23)27)5-2-17-3-9-22(26)10-4-17/h3-4,6-11,14-16H,2,5,12-13H2,1H3. The van der Waals surface area contributed by atoms with Gasteiger partial charge in [-0.3, -0.25) is 0 Å². The van der Waals surface area contributed by atoms with Gasteiger partial charge in [-0.15, -0.1) is 0 Å². The van der Waals surface area contributed by atoms with Crippen LogP contribution in [0, 0.1) is 11.6 Å². The molecule has 0 saturated heterocycles. The molecule has 152 valence electrons. The van der Waals surface area contributed by atoms with Crippen LogP contribution in [0.2, 0.25) is 0 Å². The van der Waals surface area contributed by atoms with Gasteiger partial charge in [0.1, 0.15) is 11.6 Å². The van der Waals surface area contributed by atoms with Crippen molar-refractivity contribution >= 4 is 10.8 Å². The number of hydrogen-bond donors (Lipinski definition) is 0. The third-order valence-corrected chi connectivity index (χ3v) is 5.19. The van der Waals surface area contributed by atoms with Crippen LogP contribution >= 0.6 is 0 Å². The summed E-state index contributed by atoms with van der Waals surface area (Å²) in [5.74, 6) is 0.135. The van der Waals surface area contributed by atoms with Gasteiger partial charge >= 0.3 is 0 Å². The van der Waals surface area contributed by atoms with E-state index in [4.69, 9.17) is 4.74 Å². The number of methoxy groups -OCH3 is 1. The minimum absolute atomic E-state index is 0.211. The zero-order chi connectivity index (χ0) is 20.9. The molecule has 0 atom stereocenters. The van der Waals surface area contributed by atoms with Gasteiger partial charge in [0, 0.05) is 30.5 Å². The van der Waals surface area contributed by atoms with E-state index >= 15 is 4.39 Å². The molecule has 0 fully saturated rings. The number of fused-ring (bicyclic) bond motifs is 1. The molecule has 30 heavy (non-hydrogen) atoms. The Morgan fingerprint density at radius 1 is 0.800 bits per heavy atom. The molecule has 0 amide bonds. The van der Waals surface area contributed by atoms with Crippen LogP contribution in [0.25, 0.3) is 22.2 Å². The number of halogens is 2. The van der Waals surface area contributed by atoms with Crippen LogP contribution in [-0.2, 0) is 24.0 Å². The fourth-order valence-electron chi connectivity index (χ4n) is 3.45. The molecule has 0 aliphatic carbocycles. The first-order chi connectivity index (χ1) is 14.6. The SMILES string of the molecule is COCCc1cnc(-c2ccc3c(F)c(CCc4ccc(F)cc4)ccc3c2)nc1. The Kier molecular flexibility index (Phi) is 6.10. The highest BCUT2D eigenvalue weighted by atomic mass is 19.1. The van der Waals surface area contributed by atoms with Gasteiger partial charge < -0.3 is 4.74 Å². The second-order valence-corrected chi connectivity index (χ2v) is 7.26. The van der Waals surface area contributed by atoms with Gasteiger partial charge in [0.05, 0.1) is 6.61 Å². The minimum Gasteiger partial charge on any atom is -0.384 e. The van der Waals surface area contributed by atoms with Crippen molar-refractivity contribution in [3.8, 4) is 11.4 Å². The van der Waals surface area contributed by atoms with E-state index in [0.717, 1.165) is 28.5 Å². The summed E-state index contributed by atoms with van der Waals surface area (Å²) < 4.78 is 33.1. The zero-order valence-corrected chi connectivity index (χ0v) is 16.7. The maximum atomic E-state index is 15.0. The lowest BCUT2D eigenvalue weighted by molar-refractivity contribution is 0.202. The highest BCUT2D eigenvalue weighted by Gasteiger charge is 2.10. The predicted molar refractivity (Wildman–Crippen MR) is 114 cm³/mol. The van der Waals surface area contributed by atoms with Crippen LogP contribution in [0.5, 0.6) is 0 Å². The lowest BCUT2D eigenvalue weighted by Gasteiger charge is -2.09. The van der Waals surface area contributed by atoms with E-state index < -0.39 is 0 Å². The average molecular weight is 404 g/mol. The molecular weight excluding hydrogens is 382 g/mol. The summed E-state index contributed by atoms with van der Waals surface area (Å²) in [6.45, 7) is 0.626. The van der Waals surface area contributed by atoms with Gasteiger partial charge in [-0.25, -0.2) is 18.7 Å². The fourth-order valence-corrected chi connectivity index (χ4v) is 3.45. The van der Waals surface area contributed by atoms with Gasteiger partial charge in [-0.1, -0.05) is 36.4 Å². The van der Waals surface area contributed by atoms with Crippen molar-refractivity contribution in [2.75, 3.05) is 13.7 Å². The van der Waals surface area contributed by atoms with E-state index in [1.165, 1.54) is 12.1 Å². The van der Waals surface area contributed by atoms with E-state index in [1.807, 2.05) is 24.3 Å². The molecule has 0 aliphatic rings. The van der Waals surface area contributed by atoms with Gasteiger partial charge in [0.25, 0.3) is 0 Å². The molecule has 5 heteroatoms. The second kappa shape index (κ2) is 9.09. The smallest absolute Gasteiger partial charge is 0.159 e. The van der Waals surface area contributed by atoms with Crippen molar-refractivity contribution in [2.24, 2.45) is 0 Å². The number of aryl methyl sites for hydroxylation is 2. The molecular formula is C25H22F2N2O. The number of benzene rings is 3. The third-order valence-electron chi connectivity index (χ3n) is 5.19. The topological polar surface area (TPSA) is 35.0 Å². The normalized spacial score (nSPS) is 11.2. The summed E-state index contributed by atoms with van der Waals surface area (Å²) in [4.78, 5) is 8.86. The van der Waals surface area contributed by atoms with Crippen LogP contribution in [0.4, 0.5) is 8.78 Å². The second-order valence-electron chi connectivity index (χ2n) is 7.26. The van der Waals surface area contributed by atoms with Crippen LogP contribution in [0.1, 0.15) is 16.7 Å². The number of rotatable bonds is 7. The molecule has 0 N–H and O–H groups in total. The summed E-state index contributed by atoms with van der Waals surface area (Å²) in [7, 11) is 1.66.